The number of nitrogens with zero attached hydrogens (tertiary/aromatic N) is 4. The minimum absolute atomic E-state index is 0.186. The predicted molar refractivity (Wildman–Crippen MR) is 109 cm³/mol. The summed E-state index contributed by atoms with van der Waals surface area (Å²) in [7, 11) is 3.72. The van der Waals surface area contributed by atoms with Crippen molar-refractivity contribution >= 4 is 23.5 Å². The first-order valence-corrected chi connectivity index (χ1v) is 9.35. The molecule has 1 fully saturated rings. The number of piperazine rings is 1. The fraction of sp³-hybridized carbons (Fsp3) is 0.421. The smallest absolute Gasteiger partial charge is 0.410 e. The number of hydrogen-bond donors (Lipinski definition) is 3. The lowest BCUT2D eigenvalue weighted by atomic mass is 10.2. The highest BCUT2D eigenvalue weighted by Gasteiger charge is 2.14. The summed E-state index contributed by atoms with van der Waals surface area (Å²) in [5.74, 6) is 1.70. The molecule has 10 heteroatoms. The molecule has 10 nitrogen and oxygen atoms in total. The van der Waals surface area contributed by atoms with Crippen molar-refractivity contribution < 1.29 is 19.4 Å². The van der Waals surface area contributed by atoms with E-state index in [4.69, 9.17) is 14.6 Å². The van der Waals surface area contributed by atoms with E-state index in [1.807, 2.05) is 12.1 Å². The molecule has 0 saturated carbocycles. The minimum atomic E-state index is -1.19. The van der Waals surface area contributed by atoms with Gasteiger partial charge in [0.1, 0.15) is 12.4 Å². The van der Waals surface area contributed by atoms with Crippen LogP contribution in [0.1, 0.15) is 0 Å². The van der Waals surface area contributed by atoms with Crippen LogP contribution >= 0.6 is 0 Å². The van der Waals surface area contributed by atoms with Gasteiger partial charge in [-0.3, -0.25) is 10.2 Å². The number of nitrogens with one attached hydrogen (secondary N) is 2. The van der Waals surface area contributed by atoms with E-state index in [1.165, 1.54) is 12.3 Å². The Bertz CT molecular complexity index is 826. The summed E-state index contributed by atoms with van der Waals surface area (Å²) in [5, 5.41) is 14.0. The second-order valence-electron chi connectivity index (χ2n) is 6.68. The number of aromatic nitrogens is 2. The molecule has 2 aromatic rings. The maximum Gasteiger partial charge on any atom is 0.410 e. The third-order valence-corrected chi connectivity index (χ3v) is 4.57. The normalized spacial score (nSPS) is 15.0. The molecule has 0 radical (unpaired) electrons. The molecule has 0 atom stereocenters. The van der Waals surface area contributed by atoms with Crippen LogP contribution < -0.4 is 20.1 Å². The highest BCUT2D eigenvalue weighted by atomic mass is 16.5. The van der Waals surface area contributed by atoms with Crippen molar-refractivity contribution in [3.05, 3.63) is 30.5 Å². The minimum Gasteiger partial charge on any atom is -0.493 e. The molecule has 0 aliphatic carbocycles. The molecule has 0 spiro atoms. The van der Waals surface area contributed by atoms with Gasteiger partial charge in [0.05, 0.1) is 7.11 Å². The van der Waals surface area contributed by atoms with Crippen LogP contribution in [0.15, 0.2) is 30.5 Å². The Labute approximate surface area is 169 Å². The van der Waals surface area contributed by atoms with Crippen molar-refractivity contribution in [2.75, 3.05) is 64.1 Å². The first kappa shape index (κ1) is 20.6. The van der Waals surface area contributed by atoms with Gasteiger partial charge in [0.25, 0.3) is 0 Å². The van der Waals surface area contributed by atoms with Gasteiger partial charge in [-0.2, -0.15) is 4.98 Å². The topological polar surface area (TPSA) is 112 Å². The van der Waals surface area contributed by atoms with Gasteiger partial charge < -0.3 is 24.8 Å². The first-order chi connectivity index (χ1) is 14.0. The van der Waals surface area contributed by atoms with Crippen molar-refractivity contribution in [3.8, 4) is 11.5 Å². The maximum atomic E-state index is 10.7. The fourth-order valence-electron chi connectivity index (χ4n) is 2.95. The number of rotatable bonds is 8. The second kappa shape index (κ2) is 9.89. The lowest BCUT2D eigenvalue weighted by Crippen LogP contribution is -2.45. The van der Waals surface area contributed by atoms with E-state index in [9.17, 15) is 4.79 Å². The number of amides is 1. The van der Waals surface area contributed by atoms with E-state index < -0.39 is 6.09 Å². The van der Waals surface area contributed by atoms with E-state index in [2.05, 4.69) is 37.4 Å². The Morgan fingerprint density at radius 1 is 1.21 bits per heavy atom. The quantitative estimate of drug-likeness (QED) is 0.610. The molecule has 3 rings (SSSR count). The number of anilines is 3. The van der Waals surface area contributed by atoms with Gasteiger partial charge in [-0.15, -0.1) is 0 Å². The van der Waals surface area contributed by atoms with Crippen molar-refractivity contribution in [3.63, 3.8) is 0 Å². The molecular formula is C19H26N6O4. The van der Waals surface area contributed by atoms with Crippen molar-refractivity contribution in [2.45, 2.75) is 0 Å². The Hall–Kier alpha value is -3.11. The van der Waals surface area contributed by atoms with E-state index in [0.29, 0.717) is 23.8 Å². The standard InChI is InChI=1S/C19H26N6O4/c1-24-7-9-25(10-8-24)11-12-29-15-4-3-14(13-16(15)28-2)21-18-20-6-5-17(22-18)23-19(26)27/h3-6,13H,7-12H2,1-2H3,(H,26,27)(H2,20,21,22,23). The summed E-state index contributed by atoms with van der Waals surface area (Å²) in [6.07, 6.45) is 0.280. The molecule has 1 aromatic heterocycles. The molecule has 156 valence electrons. The molecule has 1 amide bonds. The summed E-state index contributed by atoms with van der Waals surface area (Å²) >= 11 is 0. The SMILES string of the molecule is COc1cc(Nc2nccc(NC(=O)O)n2)ccc1OCCN1CCN(C)CC1. The maximum absolute atomic E-state index is 10.7. The van der Waals surface area contributed by atoms with E-state index in [1.54, 1.807) is 13.2 Å². The van der Waals surface area contributed by atoms with E-state index >= 15 is 0 Å². The second-order valence-corrected chi connectivity index (χ2v) is 6.68. The van der Waals surface area contributed by atoms with Crippen LogP contribution in [0.25, 0.3) is 0 Å². The fourth-order valence-corrected chi connectivity index (χ4v) is 2.95. The monoisotopic (exact) mass is 402 g/mol. The average molecular weight is 402 g/mol. The van der Waals surface area contributed by atoms with Gasteiger partial charge in [0, 0.05) is 50.7 Å². The van der Waals surface area contributed by atoms with Gasteiger partial charge in [-0.1, -0.05) is 0 Å². The molecule has 1 aliphatic rings. The van der Waals surface area contributed by atoms with Gasteiger partial charge in [-0.05, 0) is 25.2 Å². The van der Waals surface area contributed by atoms with Crippen molar-refractivity contribution in [1.82, 2.24) is 19.8 Å². The summed E-state index contributed by atoms with van der Waals surface area (Å²) < 4.78 is 11.4. The van der Waals surface area contributed by atoms with Gasteiger partial charge >= 0.3 is 6.09 Å². The van der Waals surface area contributed by atoms with Gasteiger partial charge in [0.2, 0.25) is 5.95 Å². The van der Waals surface area contributed by atoms with Crippen LogP contribution in [0.2, 0.25) is 0 Å². The van der Waals surface area contributed by atoms with Gasteiger partial charge in [0.15, 0.2) is 11.5 Å². The molecule has 1 aromatic carbocycles. The number of hydrogen-bond acceptors (Lipinski definition) is 8. The Morgan fingerprint density at radius 2 is 2.00 bits per heavy atom. The van der Waals surface area contributed by atoms with Crippen LogP contribution in [0, 0.1) is 0 Å². The number of benzene rings is 1. The number of methoxy groups -OCH3 is 1. The van der Waals surface area contributed by atoms with Crippen molar-refractivity contribution in [1.29, 1.82) is 0 Å². The number of ether oxygens (including phenoxy) is 2. The van der Waals surface area contributed by atoms with Crippen molar-refractivity contribution in [2.24, 2.45) is 0 Å². The third-order valence-electron chi connectivity index (χ3n) is 4.57. The van der Waals surface area contributed by atoms with Gasteiger partial charge in [-0.25, -0.2) is 9.78 Å². The average Bonchev–Trinajstić information content (AvgIpc) is 2.70. The molecular weight excluding hydrogens is 376 g/mol. The van der Waals surface area contributed by atoms with Crippen LogP contribution in [-0.2, 0) is 0 Å². The number of carboxylic acid groups (broad SMARTS) is 1. The summed E-state index contributed by atoms with van der Waals surface area (Å²) in [6.45, 7) is 5.71. The van der Waals surface area contributed by atoms with Crippen LogP contribution in [0.5, 0.6) is 11.5 Å². The zero-order valence-corrected chi connectivity index (χ0v) is 16.6. The largest absolute Gasteiger partial charge is 0.493 e. The lowest BCUT2D eigenvalue weighted by Gasteiger charge is -2.32. The third kappa shape index (κ3) is 6.19. The Morgan fingerprint density at radius 3 is 2.72 bits per heavy atom. The lowest BCUT2D eigenvalue weighted by molar-refractivity contribution is 0.133. The predicted octanol–water partition coefficient (Wildman–Crippen LogP) is 1.94. The first-order valence-electron chi connectivity index (χ1n) is 9.35. The van der Waals surface area contributed by atoms with E-state index in [-0.39, 0.29) is 11.8 Å². The Kier molecular flexibility index (Phi) is 7.04. The molecule has 1 saturated heterocycles. The van der Waals surface area contributed by atoms with Crippen LogP contribution in [0.4, 0.5) is 22.2 Å². The molecule has 3 N–H and O–H groups in total. The Balaban J connectivity index is 1.57. The number of likely N-dealkylation sites (N-methyl/N-ethyl adjacent to an activating group) is 1. The molecule has 0 bridgehead atoms. The van der Waals surface area contributed by atoms with E-state index in [0.717, 1.165) is 32.7 Å². The number of carbonyl (C=O) groups is 1. The zero-order valence-electron chi connectivity index (χ0n) is 16.6. The highest BCUT2D eigenvalue weighted by molar-refractivity contribution is 5.81. The molecule has 1 aliphatic heterocycles. The summed E-state index contributed by atoms with van der Waals surface area (Å²) in [4.78, 5) is 23.6. The zero-order chi connectivity index (χ0) is 20.6. The summed E-state index contributed by atoms with van der Waals surface area (Å²) in [5.41, 5.74) is 0.695. The molecule has 29 heavy (non-hydrogen) atoms. The van der Waals surface area contributed by atoms with Crippen LogP contribution in [-0.4, -0.2) is 84.5 Å². The molecule has 2 heterocycles. The highest BCUT2D eigenvalue weighted by Crippen LogP contribution is 2.31. The summed E-state index contributed by atoms with van der Waals surface area (Å²) in [6, 6.07) is 6.90. The molecule has 0 unspecified atom stereocenters. The van der Waals surface area contributed by atoms with Crippen LogP contribution in [0.3, 0.4) is 0 Å².